The molecule has 1 amide bonds. The van der Waals surface area contributed by atoms with Gasteiger partial charge in [0.05, 0.1) is 25.6 Å². The predicted octanol–water partition coefficient (Wildman–Crippen LogP) is 4.08. The second-order valence-electron chi connectivity index (χ2n) is 6.56. The maximum Gasteiger partial charge on any atom is 0.410 e. The molecule has 0 saturated carbocycles. The van der Waals surface area contributed by atoms with Crippen molar-refractivity contribution < 1.29 is 18.7 Å². The van der Waals surface area contributed by atoms with E-state index < -0.39 is 5.60 Å². The zero-order valence-electron chi connectivity index (χ0n) is 13.7. The van der Waals surface area contributed by atoms with E-state index >= 15 is 0 Å². The summed E-state index contributed by atoms with van der Waals surface area (Å²) in [6, 6.07) is 7.83. The summed E-state index contributed by atoms with van der Waals surface area (Å²) in [5, 5.41) is 0. The Labute approximate surface area is 135 Å². The molecule has 1 aliphatic heterocycles. The fourth-order valence-corrected chi connectivity index (χ4v) is 2.55. The van der Waals surface area contributed by atoms with Crippen LogP contribution in [-0.2, 0) is 11.3 Å². The van der Waals surface area contributed by atoms with Gasteiger partial charge in [0.15, 0.2) is 0 Å². The lowest BCUT2D eigenvalue weighted by molar-refractivity contribution is 0.0225. The molecule has 5 nitrogen and oxygen atoms in total. The number of ether oxygens (including phenoxy) is 2. The summed E-state index contributed by atoms with van der Waals surface area (Å²) < 4.78 is 16.6. The number of furan rings is 1. The van der Waals surface area contributed by atoms with Crippen molar-refractivity contribution in [2.45, 2.75) is 32.9 Å². The largest absolute Gasteiger partial charge is 0.491 e. The summed E-state index contributed by atoms with van der Waals surface area (Å²) in [7, 11) is 0. The second-order valence-corrected chi connectivity index (χ2v) is 6.56. The van der Waals surface area contributed by atoms with Gasteiger partial charge in [0.2, 0.25) is 0 Å². The summed E-state index contributed by atoms with van der Waals surface area (Å²) in [4.78, 5) is 14.0. The maximum atomic E-state index is 12.3. The zero-order chi connectivity index (χ0) is 16.4. The number of rotatable bonds is 1. The first-order valence-electron chi connectivity index (χ1n) is 7.69. The van der Waals surface area contributed by atoms with Gasteiger partial charge in [-0.15, -0.1) is 0 Å². The Balaban J connectivity index is 1.87. The van der Waals surface area contributed by atoms with Crippen molar-refractivity contribution in [2.75, 3.05) is 13.2 Å². The number of carbonyl (C=O) groups is 1. The van der Waals surface area contributed by atoms with Gasteiger partial charge in [-0.25, -0.2) is 4.79 Å². The average Bonchev–Trinajstić information content (AvgIpc) is 2.90. The highest BCUT2D eigenvalue weighted by molar-refractivity contribution is 5.73. The monoisotopic (exact) mass is 315 g/mol. The molecule has 3 rings (SSSR count). The molecule has 0 saturated heterocycles. The third-order valence-corrected chi connectivity index (χ3v) is 3.55. The van der Waals surface area contributed by atoms with E-state index in [4.69, 9.17) is 13.9 Å². The molecule has 0 atom stereocenters. The Morgan fingerprint density at radius 3 is 2.78 bits per heavy atom. The molecular formula is C18H21NO4. The van der Waals surface area contributed by atoms with Crippen LogP contribution in [0.3, 0.4) is 0 Å². The van der Waals surface area contributed by atoms with E-state index in [0.29, 0.717) is 19.7 Å². The SMILES string of the molecule is CC(C)(C)OC(=O)N1CCOc2c(cccc2-c2ccoc2)C1. The number of fused-ring (bicyclic) bond motifs is 1. The topological polar surface area (TPSA) is 51.9 Å². The molecule has 0 aliphatic carbocycles. The molecule has 1 aliphatic rings. The maximum absolute atomic E-state index is 12.3. The zero-order valence-corrected chi connectivity index (χ0v) is 13.7. The lowest BCUT2D eigenvalue weighted by Gasteiger charge is -2.26. The highest BCUT2D eigenvalue weighted by Gasteiger charge is 2.26. The Morgan fingerprint density at radius 1 is 1.26 bits per heavy atom. The summed E-state index contributed by atoms with van der Waals surface area (Å²) >= 11 is 0. The highest BCUT2D eigenvalue weighted by Crippen LogP contribution is 2.35. The normalized spacial score (nSPS) is 14.7. The number of benzene rings is 1. The molecule has 0 fully saturated rings. The van der Waals surface area contributed by atoms with Crippen LogP contribution < -0.4 is 4.74 Å². The standard InChI is InChI=1S/C18H21NO4/c1-18(2,3)23-17(20)19-8-10-22-16-13(11-19)5-4-6-15(16)14-7-9-21-12-14/h4-7,9,12H,8,10-11H2,1-3H3. The first-order valence-corrected chi connectivity index (χ1v) is 7.69. The van der Waals surface area contributed by atoms with Gasteiger partial charge >= 0.3 is 6.09 Å². The van der Waals surface area contributed by atoms with Gasteiger partial charge in [-0.05, 0) is 26.8 Å². The van der Waals surface area contributed by atoms with E-state index in [2.05, 4.69) is 0 Å². The molecule has 0 spiro atoms. The van der Waals surface area contributed by atoms with Crippen molar-refractivity contribution in [3.63, 3.8) is 0 Å². The smallest absolute Gasteiger partial charge is 0.410 e. The van der Waals surface area contributed by atoms with Gasteiger partial charge < -0.3 is 18.8 Å². The number of nitrogens with zero attached hydrogens (tertiary/aromatic N) is 1. The third-order valence-electron chi connectivity index (χ3n) is 3.55. The van der Waals surface area contributed by atoms with Crippen LogP contribution in [0.25, 0.3) is 11.1 Å². The van der Waals surface area contributed by atoms with E-state index in [1.54, 1.807) is 17.4 Å². The van der Waals surface area contributed by atoms with Crippen LogP contribution in [-0.4, -0.2) is 29.7 Å². The van der Waals surface area contributed by atoms with Gasteiger partial charge in [-0.1, -0.05) is 18.2 Å². The molecule has 2 heterocycles. The Hall–Kier alpha value is -2.43. The van der Waals surface area contributed by atoms with Crippen LogP contribution in [0.15, 0.2) is 41.2 Å². The Bertz CT molecular complexity index is 686. The molecular weight excluding hydrogens is 294 g/mol. The highest BCUT2D eigenvalue weighted by atomic mass is 16.6. The molecule has 0 bridgehead atoms. The summed E-state index contributed by atoms with van der Waals surface area (Å²) in [6.45, 7) is 6.99. The molecule has 0 N–H and O–H groups in total. The van der Waals surface area contributed by atoms with E-state index in [-0.39, 0.29) is 6.09 Å². The van der Waals surface area contributed by atoms with Crippen molar-refractivity contribution >= 4 is 6.09 Å². The second kappa shape index (κ2) is 5.99. The summed E-state index contributed by atoms with van der Waals surface area (Å²) in [6.07, 6.45) is 3.01. The van der Waals surface area contributed by atoms with Crippen LogP contribution in [0.4, 0.5) is 4.79 Å². The van der Waals surface area contributed by atoms with Gasteiger partial charge in [0.25, 0.3) is 0 Å². The molecule has 122 valence electrons. The minimum Gasteiger partial charge on any atom is -0.491 e. The van der Waals surface area contributed by atoms with E-state index in [1.807, 2.05) is 45.0 Å². The molecule has 1 aromatic heterocycles. The first-order chi connectivity index (χ1) is 10.9. The molecule has 1 aromatic carbocycles. The molecule has 0 unspecified atom stereocenters. The van der Waals surface area contributed by atoms with Crippen LogP contribution in [0, 0.1) is 0 Å². The van der Waals surface area contributed by atoms with Gasteiger partial charge in [-0.2, -0.15) is 0 Å². The fourth-order valence-electron chi connectivity index (χ4n) is 2.55. The molecule has 5 heteroatoms. The third kappa shape index (κ3) is 3.50. The number of hydrogen-bond acceptors (Lipinski definition) is 4. The van der Waals surface area contributed by atoms with Gasteiger partial charge in [-0.3, -0.25) is 0 Å². The molecule has 0 radical (unpaired) electrons. The number of carbonyl (C=O) groups excluding carboxylic acids is 1. The minimum absolute atomic E-state index is 0.317. The lowest BCUT2D eigenvalue weighted by Crippen LogP contribution is -2.37. The van der Waals surface area contributed by atoms with E-state index in [1.165, 1.54) is 0 Å². The van der Waals surface area contributed by atoms with Crippen LogP contribution in [0.5, 0.6) is 5.75 Å². The lowest BCUT2D eigenvalue weighted by atomic mass is 10.0. The molecule has 23 heavy (non-hydrogen) atoms. The summed E-state index contributed by atoms with van der Waals surface area (Å²) in [5.74, 6) is 0.806. The van der Waals surface area contributed by atoms with Crippen molar-refractivity contribution in [1.29, 1.82) is 0 Å². The van der Waals surface area contributed by atoms with Crippen molar-refractivity contribution in [3.05, 3.63) is 42.4 Å². The first kappa shape index (κ1) is 15.5. The number of para-hydroxylation sites is 1. The van der Waals surface area contributed by atoms with Crippen molar-refractivity contribution in [3.8, 4) is 16.9 Å². The predicted molar refractivity (Wildman–Crippen MR) is 86.3 cm³/mol. The average molecular weight is 315 g/mol. The molecule has 2 aromatic rings. The van der Waals surface area contributed by atoms with Gasteiger partial charge in [0, 0.05) is 16.7 Å². The van der Waals surface area contributed by atoms with Crippen LogP contribution in [0.2, 0.25) is 0 Å². The van der Waals surface area contributed by atoms with Crippen molar-refractivity contribution in [1.82, 2.24) is 4.90 Å². The summed E-state index contributed by atoms with van der Waals surface area (Å²) in [5.41, 5.74) is 2.40. The van der Waals surface area contributed by atoms with Gasteiger partial charge in [0.1, 0.15) is 18.0 Å². The Morgan fingerprint density at radius 2 is 2.09 bits per heavy atom. The van der Waals surface area contributed by atoms with Crippen molar-refractivity contribution in [2.24, 2.45) is 0 Å². The Kier molecular flexibility index (Phi) is 4.03. The van der Waals surface area contributed by atoms with Crippen LogP contribution >= 0.6 is 0 Å². The van der Waals surface area contributed by atoms with E-state index in [0.717, 1.165) is 22.4 Å². The number of hydrogen-bond donors (Lipinski definition) is 0. The minimum atomic E-state index is -0.508. The fraction of sp³-hybridized carbons (Fsp3) is 0.389. The quantitative estimate of drug-likeness (QED) is 0.796. The van der Waals surface area contributed by atoms with Crippen LogP contribution in [0.1, 0.15) is 26.3 Å². The number of amides is 1. The van der Waals surface area contributed by atoms with E-state index in [9.17, 15) is 4.79 Å².